The summed E-state index contributed by atoms with van der Waals surface area (Å²) < 4.78 is 48.2. The van der Waals surface area contributed by atoms with Crippen LogP contribution in [0.4, 0.5) is 35.7 Å². The summed E-state index contributed by atoms with van der Waals surface area (Å²) in [6.45, 7) is 0.642. The number of halogens is 3. The number of alkyl halides is 3. The third-order valence-electron chi connectivity index (χ3n) is 6.77. The van der Waals surface area contributed by atoms with Crippen molar-refractivity contribution < 1.29 is 37.4 Å². The van der Waals surface area contributed by atoms with Crippen LogP contribution in [-0.2, 0) is 20.9 Å². The Kier molecular flexibility index (Phi) is 8.16. The quantitative estimate of drug-likeness (QED) is 0.385. The summed E-state index contributed by atoms with van der Waals surface area (Å²) in [5.74, 6) is -1.26. The number of hydrogen-bond acceptors (Lipinski definition) is 11. The lowest BCUT2D eigenvalue weighted by Gasteiger charge is -2.35. The summed E-state index contributed by atoms with van der Waals surface area (Å²) in [6.07, 6.45) is -3.47. The van der Waals surface area contributed by atoms with E-state index in [1.807, 2.05) is 10.2 Å². The number of nitrogens with zero attached hydrogens (tertiary/aromatic N) is 10. The lowest BCUT2D eigenvalue weighted by Crippen LogP contribution is -2.53. The standard InChI is InChI=1S/C24H28F3N11O5/c1-34(2)19(39)20(40)36-3-5-37(6-4-36)22-30-15-17(35-7-9-43-10-8-35)31-16(32-18(15)38(22)13-24(25,26)27)14-11-28-21(29-12-14)33-23(41)42/h11-12H,3-10,13H2,1-2H3,(H,41,42)(H,28,29,33). The van der Waals surface area contributed by atoms with E-state index in [0.29, 0.717) is 32.1 Å². The van der Waals surface area contributed by atoms with Crippen molar-refractivity contribution in [3.63, 3.8) is 0 Å². The van der Waals surface area contributed by atoms with Gasteiger partial charge in [-0.15, -0.1) is 0 Å². The first-order valence-electron chi connectivity index (χ1n) is 13.2. The number of rotatable bonds is 5. The van der Waals surface area contributed by atoms with Gasteiger partial charge in [0.25, 0.3) is 0 Å². The highest BCUT2D eigenvalue weighted by Gasteiger charge is 2.35. The Labute approximate surface area is 242 Å². The minimum absolute atomic E-state index is 0.00317. The predicted octanol–water partition coefficient (Wildman–Crippen LogP) is 0.509. The lowest BCUT2D eigenvalue weighted by atomic mass is 10.3. The van der Waals surface area contributed by atoms with Gasteiger partial charge in [0, 0.05) is 65.8 Å². The molecular weight excluding hydrogens is 579 g/mol. The molecule has 3 amide bonds. The fourth-order valence-electron chi connectivity index (χ4n) is 4.71. The zero-order valence-corrected chi connectivity index (χ0v) is 23.2. The number of aromatic nitrogens is 6. The van der Waals surface area contributed by atoms with Crippen molar-refractivity contribution in [3.05, 3.63) is 12.4 Å². The first-order valence-corrected chi connectivity index (χ1v) is 13.2. The number of anilines is 3. The molecule has 43 heavy (non-hydrogen) atoms. The normalized spacial score (nSPS) is 16.0. The van der Waals surface area contributed by atoms with Crippen LogP contribution in [0.1, 0.15) is 0 Å². The monoisotopic (exact) mass is 607 g/mol. The number of likely N-dealkylation sites (N-methyl/N-ethyl adjacent to an activating group) is 1. The van der Waals surface area contributed by atoms with Crippen LogP contribution < -0.4 is 15.1 Å². The van der Waals surface area contributed by atoms with Crippen LogP contribution in [0.2, 0.25) is 0 Å². The molecule has 2 aliphatic rings. The number of amides is 3. The fraction of sp³-hybridized carbons (Fsp3) is 0.500. The molecule has 3 aromatic rings. The summed E-state index contributed by atoms with van der Waals surface area (Å²) in [5, 5.41) is 10.9. The maximum Gasteiger partial charge on any atom is 0.411 e. The molecule has 0 saturated carbocycles. The highest BCUT2D eigenvalue weighted by Crippen LogP contribution is 2.33. The molecule has 0 unspecified atom stereocenters. The molecule has 0 aromatic carbocycles. The van der Waals surface area contributed by atoms with Crippen molar-refractivity contribution in [2.24, 2.45) is 0 Å². The van der Waals surface area contributed by atoms with Crippen molar-refractivity contribution in [2.45, 2.75) is 12.7 Å². The Hall–Kier alpha value is -4.81. The molecule has 0 aliphatic carbocycles. The van der Waals surface area contributed by atoms with Gasteiger partial charge in [0.05, 0.1) is 18.8 Å². The van der Waals surface area contributed by atoms with Gasteiger partial charge in [-0.1, -0.05) is 0 Å². The zero-order valence-electron chi connectivity index (χ0n) is 23.2. The van der Waals surface area contributed by atoms with E-state index in [0.717, 1.165) is 4.57 Å². The number of fused-ring (bicyclic) bond motifs is 1. The van der Waals surface area contributed by atoms with E-state index in [1.165, 1.54) is 36.3 Å². The highest BCUT2D eigenvalue weighted by atomic mass is 19.4. The first kappa shape index (κ1) is 29.7. The van der Waals surface area contributed by atoms with Gasteiger partial charge in [-0.25, -0.2) is 29.7 Å². The molecule has 2 aliphatic heterocycles. The van der Waals surface area contributed by atoms with Crippen molar-refractivity contribution >= 4 is 46.8 Å². The molecule has 3 aromatic heterocycles. The van der Waals surface area contributed by atoms with Crippen LogP contribution in [-0.4, -0.2) is 135 Å². The molecule has 2 N–H and O–H groups in total. The molecule has 230 valence electrons. The van der Waals surface area contributed by atoms with Crippen molar-refractivity contribution in [1.29, 1.82) is 0 Å². The third kappa shape index (κ3) is 6.50. The molecule has 0 spiro atoms. The predicted molar refractivity (Wildman–Crippen MR) is 145 cm³/mol. The topological polar surface area (TPSA) is 175 Å². The number of carbonyl (C=O) groups is 3. The number of nitrogens with one attached hydrogen (secondary N) is 1. The van der Waals surface area contributed by atoms with Crippen LogP contribution in [0.3, 0.4) is 0 Å². The van der Waals surface area contributed by atoms with Crippen LogP contribution in [0.5, 0.6) is 0 Å². The molecule has 0 radical (unpaired) electrons. The molecule has 2 saturated heterocycles. The third-order valence-corrected chi connectivity index (χ3v) is 6.77. The molecule has 5 rings (SSSR count). The number of ether oxygens (including phenoxy) is 1. The average Bonchev–Trinajstić information content (AvgIpc) is 3.33. The summed E-state index contributed by atoms with van der Waals surface area (Å²) in [4.78, 5) is 63.1. The second-order valence-corrected chi connectivity index (χ2v) is 9.96. The Morgan fingerprint density at radius 2 is 1.63 bits per heavy atom. The van der Waals surface area contributed by atoms with E-state index >= 15 is 0 Å². The minimum Gasteiger partial charge on any atom is -0.465 e. The van der Waals surface area contributed by atoms with Gasteiger partial charge < -0.3 is 29.4 Å². The lowest BCUT2D eigenvalue weighted by molar-refractivity contribution is -0.150. The van der Waals surface area contributed by atoms with E-state index in [-0.39, 0.29) is 60.6 Å². The van der Waals surface area contributed by atoms with Gasteiger partial charge in [-0.05, 0) is 0 Å². The summed E-state index contributed by atoms with van der Waals surface area (Å²) in [7, 11) is 2.93. The van der Waals surface area contributed by atoms with Gasteiger partial charge in [0.1, 0.15) is 6.54 Å². The SMILES string of the molecule is CN(C)C(=O)C(=O)N1CCN(c2nc3c(N4CCOCC4)nc(-c4cnc(NC(=O)O)nc4)nc3n2CC(F)(F)F)CC1. The van der Waals surface area contributed by atoms with E-state index < -0.39 is 30.6 Å². The van der Waals surface area contributed by atoms with E-state index in [9.17, 15) is 27.6 Å². The van der Waals surface area contributed by atoms with Gasteiger partial charge in [-0.2, -0.15) is 13.2 Å². The highest BCUT2D eigenvalue weighted by molar-refractivity contribution is 6.34. The number of imidazole rings is 1. The van der Waals surface area contributed by atoms with Crippen LogP contribution >= 0.6 is 0 Å². The fourth-order valence-corrected chi connectivity index (χ4v) is 4.71. The number of carbonyl (C=O) groups excluding carboxylic acids is 2. The van der Waals surface area contributed by atoms with Crippen molar-refractivity contribution in [3.8, 4) is 11.4 Å². The van der Waals surface area contributed by atoms with Crippen molar-refractivity contribution in [2.75, 3.05) is 81.7 Å². The van der Waals surface area contributed by atoms with Gasteiger partial charge in [-0.3, -0.25) is 19.5 Å². The molecule has 0 atom stereocenters. The van der Waals surface area contributed by atoms with Crippen molar-refractivity contribution in [1.82, 2.24) is 39.3 Å². The Morgan fingerprint density at radius 3 is 2.21 bits per heavy atom. The molecule has 19 heteroatoms. The van der Waals surface area contributed by atoms with E-state index in [1.54, 1.807) is 4.90 Å². The summed E-state index contributed by atoms with van der Waals surface area (Å²) in [5.41, 5.74) is 0.315. The molecular formula is C24H28F3N11O5. The van der Waals surface area contributed by atoms with Gasteiger partial charge >= 0.3 is 24.1 Å². The van der Waals surface area contributed by atoms with E-state index in [4.69, 9.17) is 9.84 Å². The Morgan fingerprint density at radius 1 is 0.977 bits per heavy atom. The van der Waals surface area contributed by atoms with E-state index in [2.05, 4.69) is 24.9 Å². The smallest absolute Gasteiger partial charge is 0.411 e. The maximum atomic E-state index is 13.9. The molecule has 16 nitrogen and oxygen atoms in total. The zero-order chi connectivity index (χ0) is 30.9. The second kappa shape index (κ2) is 11.8. The number of piperazine rings is 1. The Bertz CT molecular complexity index is 1520. The molecule has 5 heterocycles. The van der Waals surface area contributed by atoms with Crippen LogP contribution in [0.15, 0.2) is 12.4 Å². The second-order valence-electron chi connectivity index (χ2n) is 9.96. The Balaban J connectivity index is 1.57. The summed E-state index contributed by atoms with van der Waals surface area (Å²) in [6, 6.07) is 0. The largest absolute Gasteiger partial charge is 0.465 e. The molecule has 0 bridgehead atoms. The van der Waals surface area contributed by atoms with Crippen LogP contribution in [0, 0.1) is 0 Å². The van der Waals surface area contributed by atoms with Gasteiger partial charge in [0.15, 0.2) is 22.8 Å². The average molecular weight is 608 g/mol. The van der Waals surface area contributed by atoms with Crippen LogP contribution in [0.25, 0.3) is 22.6 Å². The number of hydrogen-bond donors (Lipinski definition) is 2. The molecule has 2 fully saturated rings. The summed E-state index contributed by atoms with van der Waals surface area (Å²) >= 11 is 0. The first-order chi connectivity index (χ1) is 20.4. The number of carboxylic acid groups (broad SMARTS) is 1. The maximum absolute atomic E-state index is 13.9. The van der Waals surface area contributed by atoms with Gasteiger partial charge in [0.2, 0.25) is 11.9 Å². The number of morpholine rings is 1. The minimum atomic E-state index is -4.63.